The highest BCUT2D eigenvalue weighted by Gasteiger charge is 2.95. The largest absolute Gasteiger partial charge is 0.534 e. The Kier molecular flexibility index (Phi) is 3.06. The highest BCUT2D eigenvalue weighted by Crippen LogP contribution is 2.95. The molecule has 6 aliphatic rings. The van der Waals surface area contributed by atoms with E-state index in [1.165, 1.54) is 18.6 Å². The van der Waals surface area contributed by atoms with Crippen LogP contribution in [0.2, 0.25) is 0 Å². The van der Waals surface area contributed by atoms with Gasteiger partial charge in [0.2, 0.25) is 0 Å². The lowest BCUT2D eigenvalue weighted by molar-refractivity contribution is -0.0531. The molecular formula is C20H14F3NO5S. The molecular weight excluding hydrogens is 423 g/mol. The van der Waals surface area contributed by atoms with Crippen LogP contribution in [0.3, 0.4) is 0 Å². The number of hydrogen-bond acceptors (Lipinski definition) is 6. The third-order valence-corrected chi connectivity index (χ3v) is 8.42. The Balaban J connectivity index is 1.52. The van der Waals surface area contributed by atoms with Crippen LogP contribution in [0.15, 0.2) is 58.1 Å². The fourth-order valence-corrected chi connectivity index (χ4v) is 7.13. The Morgan fingerprint density at radius 1 is 1.30 bits per heavy atom. The van der Waals surface area contributed by atoms with Crippen LogP contribution in [0.1, 0.15) is 24.5 Å². The molecule has 7 rings (SSSR count). The van der Waals surface area contributed by atoms with E-state index < -0.39 is 43.7 Å². The Hall–Kier alpha value is -2.51. The van der Waals surface area contributed by atoms with Gasteiger partial charge in [0.05, 0.1) is 25.2 Å². The number of allylic oxidation sites excluding steroid dienone is 3. The maximum absolute atomic E-state index is 13.0. The molecule has 10 heteroatoms. The SMILES string of the molecule is N#C[C@@]12C(OS(=O)(=O)C(F)(F)F)=C[C@H]3C[C@@]14C=CC1=C([C@@H](c5ccoc5)OC1)[C@]42C3. The Morgan fingerprint density at radius 2 is 2.10 bits per heavy atom. The van der Waals surface area contributed by atoms with E-state index in [1.54, 1.807) is 6.07 Å². The van der Waals surface area contributed by atoms with Crippen LogP contribution in [0, 0.1) is 33.5 Å². The van der Waals surface area contributed by atoms with Gasteiger partial charge in [-0.3, -0.25) is 0 Å². The van der Waals surface area contributed by atoms with E-state index >= 15 is 0 Å². The maximum Gasteiger partial charge on any atom is 0.534 e. The molecule has 0 unspecified atom stereocenters. The van der Waals surface area contributed by atoms with Gasteiger partial charge in [0, 0.05) is 16.4 Å². The van der Waals surface area contributed by atoms with Crippen molar-refractivity contribution in [2.75, 3.05) is 6.61 Å². The molecule has 0 aromatic carbocycles. The molecule has 0 radical (unpaired) electrons. The first kappa shape index (κ1) is 18.3. The summed E-state index contributed by atoms with van der Waals surface area (Å²) in [4.78, 5) is 0. The van der Waals surface area contributed by atoms with Crippen LogP contribution in [-0.4, -0.2) is 20.5 Å². The van der Waals surface area contributed by atoms with Crippen molar-refractivity contribution in [3.63, 3.8) is 0 Å². The van der Waals surface area contributed by atoms with Crippen molar-refractivity contribution >= 4 is 10.1 Å². The van der Waals surface area contributed by atoms with E-state index in [9.17, 15) is 26.9 Å². The van der Waals surface area contributed by atoms with Gasteiger partial charge in [-0.1, -0.05) is 12.2 Å². The van der Waals surface area contributed by atoms with Crippen LogP contribution in [-0.2, 0) is 19.0 Å². The van der Waals surface area contributed by atoms with Gasteiger partial charge >= 0.3 is 15.6 Å². The van der Waals surface area contributed by atoms with Crippen molar-refractivity contribution < 1.29 is 34.9 Å². The zero-order valence-corrected chi connectivity index (χ0v) is 16.1. The first-order valence-corrected chi connectivity index (χ1v) is 10.8. The van der Waals surface area contributed by atoms with Crippen LogP contribution < -0.4 is 0 Å². The molecule has 1 aromatic heterocycles. The van der Waals surface area contributed by atoms with E-state index in [1.807, 2.05) is 12.2 Å². The highest BCUT2D eigenvalue weighted by atomic mass is 32.2. The molecule has 4 bridgehead atoms. The lowest BCUT2D eigenvalue weighted by atomic mass is 9.72. The number of hydrogen-bond donors (Lipinski definition) is 0. The predicted molar refractivity (Wildman–Crippen MR) is 93.3 cm³/mol. The van der Waals surface area contributed by atoms with Crippen molar-refractivity contribution in [3.8, 4) is 6.07 Å². The monoisotopic (exact) mass is 437 g/mol. The zero-order valence-electron chi connectivity index (χ0n) is 15.3. The average Bonchev–Trinajstić information content (AvgIpc) is 3.19. The summed E-state index contributed by atoms with van der Waals surface area (Å²) in [5.41, 5.74) is -6.31. The van der Waals surface area contributed by atoms with Gasteiger partial charge in [0.25, 0.3) is 0 Å². The summed E-state index contributed by atoms with van der Waals surface area (Å²) < 4.78 is 78.4. The summed E-state index contributed by atoms with van der Waals surface area (Å²) in [5.74, 6) is -0.609. The molecule has 2 saturated carbocycles. The van der Waals surface area contributed by atoms with Crippen LogP contribution in [0.25, 0.3) is 0 Å². The van der Waals surface area contributed by atoms with Crippen LogP contribution >= 0.6 is 0 Å². The minimum Gasteiger partial charge on any atom is -0.472 e. The summed E-state index contributed by atoms with van der Waals surface area (Å²) in [6.45, 7) is 0.298. The van der Waals surface area contributed by atoms with E-state index in [-0.39, 0.29) is 5.92 Å². The normalized spacial score (nSPS) is 40.5. The molecule has 2 spiro atoms. The lowest BCUT2D eigenvalue weighted by Crippen LogP contribution is -2.33. The second-order valence-corrected chi connectivity index (χ2v) is 9.98. The van der Waals surface area contributed by atoms with Gasteiger partial charge in [-0.25, -0.2) is 0 Å². The fourth-order valence-electron chi connectivity index (χ4n) is 6.61. The number of nitrogens with zero attached hydrogens (tertiary/aromatic N) is 1. The molecule has 0 saturated heterocycles. The number of nitriles is 1. The summed E-state index contributed by atoms with van der Waals surface area (Å²) in [7, 11) is -5.89. The summed E-state index contributed by atoms with van der Waals surface area (Å²) >= 11 is 0. The molecule has 2 heterocycles. The molecule has 6 nitrogen and oxygen atoms in total. The number of halogens is 3. The number of rotatable bonds is 3. The zero-order chi connectivity index (χ0) is 21.2. The quantitative estimate of drug-likeness (QED) is 0.527. The van der Waals surface area contributed by atoms with Crippen molar-refractivity contribution in [3.05, 3.63) is 59.3 Å². The second kappa shape index (κ2) is 5.03. The Bertz CT molecular complexity index is 1220. The van der Waals surface area contributed by atoms with E-state index in [0.29, 0.717) is 19.4 Å². The van der Waals surface area contributed by atoms with Crippen molar-refractivity contribution in [1.82, 2.24) is 0 Å². The van der Waals surface area contributed by atoms with Crippen molar-refractivity contribution in [2.24, 2.45) is 22.2 Å². The third-order valence-electron chi connectivity index (χ3n) is 7.46. The number of furan rings is 1. The number of ether oxygens (including phenoxy) is 1. The van der Waals surface area contributed by atoms with Gasteiger partial charge in [-0.05, 0) is 42.0 Å². The van der Waals surface area contributed by atoms with Gasteiger partial charge in [0.1, 0.15) is 17.3 Å². The van der Waals surface area contributed by atoms with Crippen LogP contribution in [0.4, 0.5) is 13.2 Å². The maximum atomic E-state index is 13.0. The van der Waals surface area contributed by atoms with Crippen LogP contribution in [0.5, 0.6) is 0 Å². The van der Waals surface area contributed by atoms with Crippen molar-refractivity contribution in [1.29, 1.82) is 5.26 Å². The van der Waals surface area contributed by atoms with Crippen molar-refractivity contribution in [2.45, 2.75) is 24.5 Å². The molecule has 156 valence electrons. The predicted octanol–water partition coefficient (Wildman–Crippen LogP) is 3.89. The second-order valence-electron chi connectivity index (χ2n) is 8.44. The van der Waals surface area contributed by atoms with Gasteiger partial charge in [-0.15, -0.1) is 0 Å². The molecule has 5 atom stereocenters. The fraction of sp³-hybridized carbons (Fsp3) is 0.450. The van der Waals surface area contributed by atoms with Gasteiger partial charge < -0.3 is 13.3 Å². The van der Waals surface area contributed by atoms with E-state index in [4.69, 9.17) is 9.15 Å². The minimum atomic E-state index is -5.89. The first-order chi connectivity index (χ1) is 14.1. The highest BCUT2D eigenvalue weighted by molar-refractivity contribution is 7.87. The van der Waals surface area contributed by atoms with E-state index in [0.717, 1.165) is 16.7 Å². The smallest absolute Gasteiger partial charge is 0.472 e. The molecule has 5 aliphatic carbocycles. The first-order valence-electron chi connectivity index (χ1n) is 9.34. The Morgan fingerprint density at radius 3 is 2.77 bits per heavy atom. The topological polar surface area (TPSA) is 89.5 Å². The molecule has 0 N–H and O–H groups in total. The number of alkyl halides is 3. The Labute approximate surface area is 169 Å². The lowest BCUT2D eigenvalue weighted by Gasteiger charge is -2.33. The van der Waals surface area contributed by atoms with E-state index in [2.05, 4.69) is 10.3 Å². The summed E-state index contributed by atoms with van der Waals surface area (Å²) in [6, 6.07) is 3.92. The molecule has 2 fully saturated rings. The molecule has 30 heavy (non-hydrogen) atoms. The molecule has 1 aromatic rings. The third kappa shape index (κ3) is 1.68. The standard InChI is InChI=1S/C20H14F3NO5S/c21-20(22,23)30(25,26)29-14-5-11-6-17-3-1-12-9-28-16(13-2-4-27-8-13)15(12)18(17,7-11)19(14,17)10-24/h1-5,8,11,16H,6-7,9H2/t11-,16+,17+,18+,19+/m0/s1. The molecule has 0 amide bonds. The van der Waals surface area contributed by atoms with Gasteiger partial charge in [-0.2, -0.15) is 26.9 Å². The van der Waals surface area contributed by atoms with Gasteiger partial charge in [0.15, 0.2) is 0 Å². The average molecular weight is 437 g/mol. The minimum absolute atomic E-state index is 0.194. The molecule has 1 aliphatic heterocycles. The summed E-state index contributed by atoms with van der Waals surface area (Å²) in [5, 5.41) is 10.3. The summed E-state index contributed by atoms with van der Waals surface area (Å²) in [6.07, 6.45) is 8.70.